The van der Waals surface area contributed by atoms with Crippen LogP contribution in [0.5, 0.6) is 0 Å². The Hall–Kier alpha value is -0.650. The highest BCUT2D eigenvalue weighted by Crippen LogP contribution is 2.05. The molecule has 0 aromatic heterocycles. The van der Waals surface area contributed by atoms with Gasteiger partial charge < -0.3 is 19.3 Å². The van der Waals surface area contributed by atoms with E-state index in [0.717, 1.165) is 19.3 Å². The smallest absolute Gasteiger partial charge is 0.332 e. The molecule has 0 radical (unpaired) electrons. The quantitative estimate of drug-likeness (QED) is 0.532. The summed E-state index contributed by atoms with van der Waals surface area (Å²) in [7, 11) is 1.65. The molecule has 0 aromatic carbocycles. The number of unbranched alkanes of at least 4 members (excludes halogenated alkanes) is 1. The number of hydrogen-bond acceptors (Lipinski definition) is 4. The summed E-state index contributed by atoms with van der Waals surface area (Å²) >= 11 is 0. The van der Waals surface area contributed by atoms with Gasteiger partial charge in [0.05, 0.1) is 13.2 Å². The molecule has 0 aliphatic carbocycles. The normalized spacial score (nSPS) is 12.6. The van der Waals surface area contributed by atoms with Crippen molar-refractivity contribution >= 4 is 5.97 Å². The van der Waals surface area contributed by atoms with E-state index in [1.54, 1.807) is 7.11 Å². The van der Waals surface area contributed by atoms with Crippen LogP contribution in [0.2, 0.25) is 0 Å². The molecular weight excluding hydrogens is 224 g/mol. The van der Waals surface area contributed by atoms with Crippen LogP contribution in [-0.4, -0.2) is 50.7 Å². The van der Waals surface area contributed by atoms with Crippen LogP contribution in [-0.2, 0) is 19.0 Å². The maximum Gasteiger partial charge on any atom is 0.332 e. The number of carbonyl (C=O) groups is 1. The molecule has 0 saturated carbocycles. The average Bonchev–Trinajstić information content (AvgIpc) is 2.31. The van der Waals surface area contributed by atoms with Gasteiger partial charge in [-0.05, 0) is 12.8 Å². The number of aliphatic carboxylic acids is 1. The summed E-state index contributed by atoms with van der Waals surface area (Å²) in [4.78, 5) is 10.8. The number of hydrogen-bond donors (Lipinski definition) is 1. The summed E-state index contributed by atoms with van der Waals surface area (Å²) < 4.78 is 15.4. The molecule has 17 heavy (non-hydrogen) atoms. The van der Waals surface area contributed by atoms with Crippen LogP contribution in [0.4, 0.5) is 0 Å². The molecular formula is C12H24O5. The highest BCUT2D eigenvalue weighted by atomic mass is 16.5. The lowest BCUT2D eigenvalue weighted by molar-refractivity contribution is -0.151. The Bertz CT molecular complexity index is 184. The Kier molecular flexibility index (Phi) is 11.4. The lowest BCUT2D eigenvalue weighted by Gasteiger charge is -2.13. The van der Waals surface area contributed by atoms with E-state index in [4.69, 9.17) is 19.3 Å². The maximum atomic E-state index is 10.8. The van der Waals surface area contributed by atoms with Crippen LogP contribution >= 0.6 is 0 Å². The molecule has 0 amide bonds. The molecule has 5 nitrogen and oxygen atoms in total. The molecule has 0 aliphatic heterocycles. The number of carboxylic acids is 1. The van der Waals surface area contributed by atoms with Crippen molar-refractivity contribution in [3.05, 3.63) is 0 Å². The van der Waals surface area contributed by atoms with Crippen LogP contribution < -0.4 is 0 Å². The van der Waals surface area contributed by atoms with Crippen molar-refractivity contribution in [2.45, 2.75) is 38.7 Å². The fourth-order valence-electron chi connectivity index (χ4n) is 1.32. The van der Waals surface area contributed by atoms with E-state index in [1.807, 2.05) is 6.92 Å². The van der Waals surface area contributed by atoms with Gasteiger partial charge in [-0.25, -0.2) is 4.79 Å². The third-order valence-corrected chi connectivity index (χ3v) is 2.28. The topological polar surface area (TPSA) is 65.0 Å². The molecule has 0 rings (SSSR count). The molecule has 0 spiro atoms. The Labute approximate surface area is 103 Å². The van der Waals surface area contributed by atoms with Crippen LogP contribution in [0.25, 0.3) is 0 Å². The Morgan fingerprint density at radius 3 is 2.53 bits per heavy atom. The highest BCUT2D eigenvalue weighted by Gasteiger charge is 2.16. The predicted molar refractivity (Wildman–Crippen MR) is 64.2 cm³/mol. The zero-order valence-electron chi connectivity index (χ0n) is 10.8. The second kappa shape index (κ2) is 11.8. The van der Waals surface area contributed by atoms with Gasteiger partial charge in [0, 0.05) is 20.3 Å². The van der Waals surface area contributed by atoms with Crippen molar-refractivity contribution in [3.63, 3.8) is 0 Å². The first-order chi connectivity index (χ1) is 8.22. The molecule has 0 saturated heterocycles. The molecule has 1 N–H and O–H groups in total. The fraction of sp³-hybridized carbons (Fsp3) is 0.917. The van der Waals surface area contributed by atoms with E-state index in [0.29, 0.717) is 32.8 Å². The molecule has 0 fully saturated rings. The van der Waals surface area contributed by atoms with Gasteiger partial charge >= 0.3 is 5.97 Å². The molecule has 1 atom stereocenters. The van der Waals surface area contributed by atoms with Crippen LogP contribution in [0.15, 0.2) is 0 Å². The number of methoxy groups -OCH3 is 1. The summed E-state index contributed by atoms with van der Waals surface area (Å²) in [6.45, 7) is 4.07. The van der Waals surface area contributed by atoms with Gasteiger partial charge in [-0.15, -0.1) is 0 Å². The summed E-state index contributed by atoms with van der Waals surface area (Å²) in [6.07, 6.45) is 2.55. The molecule has 0 aliphatic rings. The van der Waals surface area contributed by atoms with Crippen LogP contribution in [0, 0.1) is 0 Å². The van der Waals surface area contributed by atoms with Gasteiger partial charge in [-0.2, -0.15) is 0 Å². The lowest BCUT2D eigenvalue weighted by Crippen LogP contribution is -2.25. The standard InChI is InChI=1S/C12H24O5/c1-3-4-6-11(12(13)14)17-10-9-16-8-5-7-15-2/h11H,3-10H2,1-2H3,(H,13,14). The van der Waals surface area contributed by atoms with Crippen LogP contribution in [0.3, 0.4) is 0 Å². The number of ether oxygens (including phenoxy) is 3. The predicted octanol–water partition coefficient (Wildman–Crippen LogP) is 1.70. The minimum Gasteiger partial charge on any atom is -0.479 e. The Morgan fingerprint density at radius 1 is 1.18 bits per heavy atom. The van der Waals surface area contributed by atoms with Gasteiger partial charge in [0.1, 0.15) is 0 Å². The summed E-state index contributed by atoms with van der Waals surface area (Å²) in [5.41, 5.74) is 0. The van der Waals surface area contributed by atoms with Crippen molar-refractivity contribution in [2.75, 3.05) is 33.5 Å². The zero-order chi connectivity index (χ0) is 12.9. The highest BCUT2D eigenvalue weighted by molar-refractivity contribution is 5.72. The van der Waals surface area contributed by atoms with E-state index < -0.39 is 12.1 Å². The minimum atomic E-state index is -0.891. The van der Waals surface area contributed by atoms with E-state index in [1.165, 1.54) is 0 Å². The minimum absolute atomic E-state index is 0.327. The lowest BCUT2D eigenvalue weighted by atomic mass is 10.1. The van der Waals surface area contributed by atoms with Gasteiger partial charge in [0.2, 0.25) is 0 Å². The average molecular weight is 248 g/mol. The van der Waals surface area contributed by atoms with Gasteiger partial charge in [-0.3, -0.25) is 0 Å². The van der Waals surface area contributed by atoms with E-state index in [-0.39, 0.29) is 0 Å². The molecule has 1 unspecified atom stereocenters. The first kappa shape index (κ1) is 16.4. The first-order valence-corrected chi connectivity index (χ1v) is 6.13. The Morgan fingerprint density at radius 2 is 1.94 bits per heavy atom. The van der Waals surface area contributed by atoms with Crippen molar-refractivity contribution in [1.29, 1.82) is 0 Å². The van der Waals surface area contributed by atoms with Crippen molar-refractivity contribution in [3.8, 4) is 0 Å². The van der Waals surface area contributed by atoms with Gasteiger partial charge in [0.25, 0.3) is 0 Å². The Balaban J connectivity index is 3.44. The van der Waals surface area contributed by atoms with E-state index >= 15 is 0 Å². The molecule has 0 bridgehead atoms. The van der Waals surface area contributed by atoms with Crippen LogP contribution in [0.1, 0.15) is 32.6 Å². The summed E-state index contributed by atoms with van der Waals surface area (Å²) in [6, 6.07) is 0. The molecule has 0 heterocycles. The fourth-order valence-corrected chi connectivity index (χ4v) is 1.32. The second-order valence-electron chi connectivity index (χ2n) is 3.80. The largest absolute Gasteiger partial charge is 0.479 e. The third kappa shape index (κ3) is 10.2. The van der Waals surface area contributed by atoms with E-state index in [2.05, 4.69) is 0 Å². The summed E-state index contributed by atoms with van der Waals surface area (Å²) in [5.74, 6) is -0.891. The number of carboxylic acid groups (broad SMARTS) is 1. The van der Waals surface area contributed by atoms with Gasteiger partial charge in [-0.1, -0.05) is 19.8 Å². The van der Waals surface area contributed by atoms with E-state index in [9.17, 15) is 4.79 Å². The van der Waals surface area contributed by atoms with Crippen molar-refractivity contribution in [2.24, 2.45) is 0 Å². The first-order valence-electron chi connectivity index (χ1n) is 6.13. The van der Waals surface area contributed by atoms with Crippen molar-refractivity contribution < 1.29 is 24.1 Å². The number of rotatable bonds is 12. The summed E-state index contributed by atoms with van der Waals surface area (Å²) in [5, 5.41) is 8.89. The van der Waals surface area contributed by atoms with Crippen molar-refractivity contribution in [1.82, 2.24) is 0 Å². The zero-order valence-corrected chi connectivity index (χ0v) is 10.8. The van der Waals surface area contributed by atoms with Gasteiger partial charge in [0.15, 0.2) is 6.10 Å². The molecule has 5 heteroatoms. The molecule has 0 aromatic rings. The monoisotopic (exact) mass is 248 g/mol. The SMILES string of the molecule is CCCCC(OCCOCCCOC)C(=O)O. The maximum absolute atomic E-state index is 10.8. The molecule has 102 valence electrons. The third-order valence-electron chi connectivity index (χ3n) is 2.28. The second-order valence-corrected chi connectivity index (χ2v) is 3.80.